The molecule has 3 aromatic rings. The van der Waals surface area contributed by atoms with Gasteiger partial charge < -0.3 is 0 Å². The highest BCUT2D eigenvalue weighted by atomic mass is 15.1. The molecular weight excluding hydrogens is 316 g/mol. The number of para-hydroxylation sites is 1. The Bertz CT molecular complexity index is 902. The van der Waals surface area contributed by atoms with Crippen molar-refractivity contribution in [1.29, 1.82) is 0 Å². The molecule has 0 saturated carbocycles. The highest BCUT2D eigenvalue weighted by Crippen LogP contribution is 2.35. The maximum absolute atomic E-state index is 2.40. The van der Waals surface area contributed by atoms with Gasteiger partial charge in [-0.25, -0.2) is 4.57 Å². The molecule has 0 bridgehead atoms. The highest BCUT2D eigenvalue weighted by molar-refractivity contribution is 5.63. The minimum atomic E-state index is 0.478. The lowest BCUT2D eigenvalue weighted by Crippen LogP contribution is -2.29. The summed E-state index contributed by atoms with van der Waals surface area (Å²) in [6, 6.07) is 15.5. The van der Waals surface area contributed by atoms with Gasteiger partial charge >= 0.3 is 0 Å². The maximum atomic E-state index is 2.40. The van der Waals surface area contributed by atoms with Crippen molar-refractivity contribution in [2.75, 3.05) is 0 Å². The zero-order chi connectivity index (χ0) is 18.8. The summed E-state index contributed by atoms with van der Waals surface area (Å²) in [5.74, 6) is 2.24. The summed E-state index contributed by atoms with van der Waals surface area (Å²) in [6.45, 7) is 11.4. The van der Waals surface area contributed by atoms with Gasteiger partial charge in [0.05, 0.1) is 12.6 Å². The Morgan fingerprint density at radius 2 is 1.65 bits per heavy atom. The largest absolute Gasteiger partial charge is 0.294 e. The molecule has 0 N–H and O–H groups in total. The van der Waals surface area contributed by atoms with E-state index in [0.29, 0.717) is 11.8 Å². The Morgan fingerprint density at radius 3 is 2.31 bits per heavy atom. The second-order valence-corrected chi connectivity index (χ2v) is 7.67. The smallest absolute Gasteiger partial charge is 0.232 e. The molecular formula is C24H31N2+. The van der Waals surface area contributed by atoms with Crippen LogP contribution in [0.15, 0.2) is 54.9 Å². The van der Waals surface area contributed by atoms with Gasteiger partial charge in [-0.2, -0.15) is 4.57 Å². The summed E-state index contributed by atoms with van der Waals surface area (Å²) in [7, 11) is 2.14. The van der Waals surface area contributed by atoms with Crippen LogP contribution in [0.5, 0.6) is 0 Å². The molecule has 2 aromatic carbocycles. The average Bonchev–Trinajstić information content (AvgIpc) is 3.01. The lowest BCUT2D eigenvalue weighted by atomic mass is 9.90. The monoisotopic (exact) mass is 347 g/mol. The number of aryl methyl sites for hydroxylation is 2. The summed E-state index contributed by atoms with van der Waals surface area (Å²) in [6.07, 6.45) is 5.52. The summed E-state index contributed by atoms with van der Waals surface area (Å²) < 4.78 is 4.64. The first-order valence-electron chi connectivity index (χ1n) is 9.71. The molecule has 1 aromatic heterocycles. The average molecular weight is 348 g/mol. The predicted molar refractivity (Wildman–Crippen MR) is 110 cm³/mol. The minimum Gasteiger partial charge on any atom is -0.232 e. The minimum absolute atomic E-state index is 0.478. The fourth-order valence-corrected chi connectivity index (χ4v) is 3.74. The molecule has 0 aliphatic heterocycles. The van der Waals surface area contributed by atoms with E-state index >= 15 is 0 Å². The Morgan fingerprint density at radius 1 is 0.962 bits per heavy atom. The maximum Gasteiger partial charge on any atom is 0.294 e. The zero-order valence-electron chi connectivity index (χ0n) is 17.0. The molecule has 0 aliphatic carbocycles. The fourth-order valence-electron chi connectivity index (χ4n) is 3.74. The molecule has 1 unspecified atom stereocenters. The zero-order valence-corrected chi connectivity index (χ0v) is 17.0. The van der Waals surface area contributed by atoms with Crippen LogP contribution < -0.4 is 4.57 Å². The molecule has 136 valence electrons. The normalized spacial score (nSPS) is 12.6. The van der Waals surface area contributed by atoms with E-state index in [-0.39, 0.29) is 0 Å². The van der Waals surface area contributed by atoms with Gasteiger partial charge in [0.15, 0.2) is 0 Å². The van der Waals surface area contributed by atoms with E-state index in [9.17, 15) is 0 Å². The molecule has 1 atom stereocenters. The SMILES string of the molecule is CCC(C)c1cccc(C(C)C)c1-n1cc[n+](C)c1-c1ccccc1C. The molecule has 0 aliphatic rings. The van der Waals surface area contributed by atoms with Crippen LogP contribution in [0.25, 0.3) is 17.1 Å². The van der Waals surface area contributed by atoms with Gasteiger partial charge in [0.1, 0.15) is 18.1 Å². The van der Waals surface area contributed by atoms with Gasteiger partial charge in [-0.1, -0.05) is 64.1 Å². The summed E-state index contributed by atoms with van der Waals surface area (Å²) in [5, 5.41) is 0. The molecule has 0 fully saturated rings. The van der Waals surface area contributed by atoms with E-state index in [1.807, 2.05) is 0 Å². The van der Waals surface area contributed by atoms with E-state index < -0.39 is 0 Å². The number of rotatable bonds is 5. The Labute approximate surface area is 158 Å². The molecule has 0 saturated heterocycles. The summed E-state index contributed by atoms with van der Waals surface area (Å²) in [4.78, 5) is 0. The third-order valence-electron chi connectivity index (χ3n) is 5.49. The number of aromatic nitrogens is 2. The third kappa shape index (κ3) is 3.21. The van der Waals surface area contributed by atoms with Crippen molar-refractivity contribution in [3.63, 3.8) is 0 Å². The summed E-state index contributed by atoms with van der Waals surface area (Å²) >= 11 is 0. The second-order valence-electron chi connectivity index (χ2n) is 7.67. The van der Waals surface area contributed by atoms with E-state index in [4.69, 9.17) is 0 Å². The van der Waals surface area contributed by atoms with Crippen molar-refractivity contribution < 1.29 is 4.57 Å². The van der Waals surface area contributed by atoms with E-state index in [1.165, 1.54) is 33.8 Å². The Kier molecular flexibility index (Phi) is 5.31. The van der Waals surface area contributed by atoms with Crippen molar-refractivity contribution in [1.82, 2.24) is 4.57 Å². The van der Waals surface area contributed by atoms with Crippen LogP contribution >= 0.6 is 0 Å². The van der Waals surface area contributed by atoms with Crippen molar-refractivity contribution >= 4 is 0 Å². The molecule has 3 rings (SSSR count). The first kappa shape index (κ1) is 18.4. The molecule has 0 radical (unpaired) electrons. The van der Waals surface area contributed by atoms with Gasteiger partial charge in [0, 0.05) is 11.1 Å². The standard InChI is InChI=1S/C24H31N2/c1-7-18(4)21-14-10-13-20(17(2)3)23(21)26-16-15-25(6)24(26)22-12-9-8-11-19(22)5/h8-18H,7H2,1-6H3/q+1. The Balaban J connectivity index is 2.34. The lowest BCUT2D eigenvalue weighted by molar-refractivity contribution is -0.659. The summed E-state index contributed by atoms with van der Waals surface area (Å²) in [5.41, 5.74) is 6.79. The number of benzene rings is 2. The van der Waals surface area contributed by atoms with E-state index in [2.05, 4.69) is 106 Å². The topological polar surface area (TPSA) is 8.81 Å². The number of hydrogen-bond donors (Lipinski definition) is 0. The van der Waals surface area contributed by atoms with E-state index in [0.717, 1.165) is 6.42 Å². The first-order chi connectivity index (χ1) is 12.5. The molecule has 2 heteroatoms. The fraction of sp³-hybridized carbons (Fsp3) is 0.375. The highest BCUT2D eigenvalue weighted by Gasteiger charge is 2.26. The molecule has 0 spiro atoms. The van der Waals surface area contributed by atoms with Crippen molar-refractivity contribution in [3.05, 3.63) is 71.5 Å². The van der Waals surface area contributed by atoms with Crippen molar-refractivity contribution in [3.8, 4) is 17.1 Å². The second kappa shape index (κ2) is 7.49. The molecule has 26 heavy (non-hydrogen) atoms. The number of imidazole rings is 1. The Hall–Kier alpha value is -2.35. The molecule has 0 amide bonds. The quantitative estimate of drug-likeness (QED) is 0.507. The molecule has 2 nitrogen and oxygen atoms in total. The van der Waals surface area contributed by atoms with Gasteiger partial charge in [0.25, 0.3) is 5.82 Å². The van der Waals surface area contributed by atoms with E-state index in [1.54, 1.807) is 0 Å². The van der Waals surface area contributed by atoms with Crippen LogP contribution in [-0.4, -0.2) is 4.57 Å². The lowest BCUT2D eigenvalue weighted by Gasteiger charge is -2.19. The van der Waals surface area contributed by atoms with Crippen LogP contribution in [0, 0.1) is 6.92 Å². The van der Waals surface area contributed by atoms with Gasteiger partial charge in [-0.05, 0) is 36.8 Å². The first-order valence-corrected chi connectivity index (χ1v) is 9.71. The molecule has 1 heterocycles. The number of hydrogen-bond acceptors (Lipinski definition) is 0. The van der Waals surface area contributed by atoms with Gasteiger partial charge in [-0.3, -0.25) is 0 Å². The van der Waals surface area contributed by atoms with Gasteiger partial charge in [0.2, 0.25) is 0 Å². The van der Waals surface area contributed by atoms with Crippen LogP contribution in [0.1, 0.15) is 62.6 Å². The van der Waals surface area contributed by atoms with Crippen LogP contribution in [0.2, 0.25) is 0 Å². The van der Waals surface area contributed by atoms with Crippen molar-refractivity contribution in [2.45, 2.75) is 52.9 Å². The third-order valence-corrected chi connectivity index (χ3v) is 5.49. The van der Waals surface area contributed by atoms with Crippen molar-refractivity contribution in [2.24, 2.45) is 7.05 Å². The van der Waals surface area contributed by atoms with Crippen LogP contribution in [0.3, 0.4) is 0 Å². The predicted octanol–water partition coefficient (Wildman–Crippen LogP) is 5.91. The number of nitrogens with zero attached hydrogens (tertiary/aromatic N) is 2. The van der Waals surface area contributed by atoms with Crippen LogP contribution in [0.4, 0.5) is 0 Å². The van der Waals surface area contributed by atoms with Gasteiger partial charge in [-0.15, -0.1) is 0 Å². The van der Waals surface area contributed by atoms with Crippen LogP contribution in [-0.2, 0) is 7.05 Å².